The first-order chi connectivity index (χ1) is 11.5. The van der Waals surface area contributed by atoms with Crippen molar-refractivity contribution < 1.29 is 9.22 Å². The fraction of sp³-hybridized carbons (Fsp3) is 0.381. The molecule has 0 spiro atoms. The molecule has 0 bridgehead atoms. The number of carbonyl (C=O) groups is 1. The number of hydrogen-bond acceptors (Lipinski definition) is 2. The van der Waals surface area contributed by atoms with Gasteiger partial charge in [0.1, 0.15) is 6.29 Å². The lowest BCUT2D eigenvalue weighted by Gasteiger charge is -2.34. The highest BCUT2D eigenvalue weighted by molar-refractivity contribution is 6.80. The van der Waals surface area contributed by atoms with E-state index in [4.69, 9.17) is 4.43 Å². The Labute approximate surface area is 146 Å². The molecule has 1 saturated carbocycles. The smallest absolute Gasteiger partial charge is 0.283 e. The quantitative estimate of drug-likeness (QED) is 0.619. The maximum atomic E-state index is 10.8. The molecule has 0 aliphatic heterocycles. The monoisotopic (exact) mass is 337 g/mol. The van der Waals surface area contributed by atoms with Crippen molar-refractivity contribution in [1.29, 1.82) is 0 Å². The zero-order chi connectivity index (χ0) is 17.2. The molecule has 2 aromatic rings. The topological polar surface area (TPSA) is 26.3 Å². The summed E-state index contributed by atoms with van der Waals surface area (Å²) in [7, 11) is -1.27. The van der Waals surface area contributed by atoms with Gasteiger partial charge in [-0.25, -0.2) is 0 Å². The third-order valence-electron chi connectivity index (χ3n) is 4.66. The van der Waals surface area contributed by atoms with Gasteiger partial charge >= 0.3 is 0 Å². The standard InChI is InChI=1S/C21H25O2Si/c1-21(2,3)17-9-11-20(12-10-17)24(19-7-5-4-6-8-19)23-18-13-16(14-18)15-22/h4-12,15-16,18H,13-14H2,1-3H3. The van der Waals surface area contributed by atoms with Gasteiger partial charge in [-0.05, 0) is 34.2 Å². The molecule has 24 heavy (non-hydrogen) atoms. The maximum absolute atomic E-state index is 10.8. The van der Waals surface area contributed by atoms with Crippen LogP contribution in [0.3, 0.4) is 0 Å². The van der Waals surface area contributed by atoms with E-state index < -0.39 is 9.04 Å². The van der Waals surface area contributed by atoms with E-state index in [0.717, 1.165) is 19.1 Å². The zero-order valence-electron chi connectivity index (χ0n) is 14.7. The molecule has 1 fully saturated rings. The van der Waals surface area contributed by atoms with Crippen molar-refractivity contribution in [3.8, 4) is 0 Å². The number of rotatable bonds is 5. The van der Waals surface area contributed by atoms with E-state index in [1.54, 1.807) is 0 Å². The molecule has 1 radical (unpaired) electrons. The molecule has 3 heteroatoms. The van der Waals surface area contributed by atoms with E-state index in [1.165, 1.54) is 15.9 Å². The Hall–Kier alpha value is -1.71. The molecule has 0 heterocycles. The lowest BCUT2D eigenvalue weighted by Crippen LogP contribution is -2.50. The van der Waals surface area contributed by atoms with Crippen molar-refractivity contribution in [3.05, 3.63) is 60.2 Å². The fourth-order valence-electron chi connectivity index (χ4n) is 2.99. The molecule has 1 aliphatic rings. The highest BCUT2D eigenvalue weighted by atomic mass is 28.3. The van der Waals surface area contributed by atoms with E-state index in [2.05, 4.69) is 69.3 Å². The highest BCUT2D eigenvalue weighted by Gasteiger charge is 2.33. The summed E-state index contributed by atoms with van der Waals surface area (Å²) in [6.07, 6.45) is 3.01. The highest BCUT2D eigenvalue weighted by Crippen LogP contribution is 2.28. The van der Waals surface area contributed by atoms with Crippen molar-refractivity contribution in [2.45, 2.75) is 45.1 Å². The maximum Gasteiger partial charge on any atom is 0.283 e. The minimum absolute atomic E-state index is 0.157. The molecule has 3 rings (SSSR count). The van der Waals surface area contributed by atoms with Crippen molar-refractivity contribution in [1.82, 2.24) is 0 Å². The Morgan fingerprint density at radius 3 is 2.08 bits per heavy atom. The van der Waals surface area contributed by atoms with E-state index in [1.807, 2.05) is 6.07 Å². The van der Waals surface area contributed by atoms with Crippen molar-refractivity contribution in [2.24, 2.45) is 5.92 Å². The summed E-state index contributed by atoms with van der Waals surface area (Å²) < 4.78 is 6.46. The molecule has 0 atom stereocenters. The molecule has 0 saturated heterocycles. The Bertz CT molecular complexity index is 667. The van der Waals surface area contributed by atoms with Gasteiger partial charge in [-0.1, -0.05) is 75.4 Å². The first-order valence-corrected chi connectivity index (χ1v) is 10.0. The van der Waals surface area contributed by atoms with Gasteiger partial charge in [0, 0.05) is 12.0 Å². The Kier molecular flexibility index (Phi) is 5.02. The second-order valence-electron chi connectivity index (χ2n) is 7.63. The molecule has 0 unspecified atom stereocenters. The summed E-state index contributed by atoms with van der Waals surface area (Å²) in [5, 5.41) is 2.54. The van der Waals surface area contributed by atoms with Crippen LogP contribution in [0.1, 0.15) is 39.2 Å². The summed E-state index contributed by atoms with van der Waals surface area (Å²) in [5.41, 5.74) is 1.50. The Morgan fingerprint density at radius 2 is 1.54 bits per heavy atom. The summed E-state index contributed by atoms with van der Waals surface area (Å²) in [4.78, 5) is 10.8. The first kappa shape index (κ1) is 17.1. The predicted molar refractivity (Wildman–Crippen MR) is 100 cm³/mol. The summed E-state index contributed by atoms with van der Waals surface area (Å²) in [6, 6.07) is 19.4. The lowest BCUT2D eigenvalue weighted by atomic mass is 9.84. The van der Waals surface area contributed by atoms with Gasteiger partial charge < -0.3 is 9.22 Å². The second-order valence-corrected chi connectivity index (χ2v) is 9.68. The Morgan fingerprint density at radius 1 is 0.958 bits per heavy atom. The molecule has 0 aromatic heterocycles. The van der Waals surface area contributed by atoms with Crippen LogP contribution < -0.4 is 10.4 Å². The minimum atomic E-state index is -1.27. The van der Waals surface area contributed by atoms with Gasteiger partial charge in [0.2, 0.25) is 0 Å². The van der Waals surface area contributed by atoms with E-state index in [0.29, 0.717) is 0 Å². The van der Waals surface area contributed by atoms with Crippen LogP contribution in [-0.2, 0) is 14.6 Å². The first-order valence-electron chi connectivity index (χ1n) is 8.62. The molecular formula is C21H25O2Si. The van der Waals surface area contributed by atoms with Crippen LogP contribution in [0.25, 0.3) is 0 Å². The second kappa shape index (κ2) is 7.04. The van der Waals surface area contributed by atoms with Crippen molar-refractivity contribution >= 4 is 25.7 Å². The van der Waals surface area contributed by atoms with Gasteiger partial charge in [-0.2, -0.15) is 0 Å². The minimum Gasteiger partial charge on any atom is -0.404 e. The average Bonchev–Trinajstić information content (AvgIpc) is 2.54. The van der Waals surface area contributed by atoms with Crippen LogP contribution in [0, 0.1) is 5.92 Å². The molecule has 125 valence electrons. The van der Waals surface area contributed by atoms with Gasteiger partial charge in [0.15, 0.2) is 0 Å². The summed E-state index contributed by atoms with van der Waals surface area (Å²) in [5.74, 6) is 0.192. The number of aldehydes is 1. The van der Waals surface area contributed by atoms with Crippen molar-refractivity contribution in [3.63, 3.8) is 0 Å². The van der Waals surface area contributed by atoms with E-state index >= 15 is 0 Å². The normalized spacial score (nSPS) is 20.7. The summed E-state index contributed by atoms with van der Waals surface area (Å²) >= 11 is 0. The van der Waals surface area contributed by atoms with Crippen LogP contribution in [0.2, 0.25) is 0 Å². The van der Waals surface area contributed by atoms with Crippen LogP contribution in [0.15, 0.2) is 54.6 Å². The largest absolute Gasteiger partial charge is 0.404 e. The Balaban J connectivity index is 1.83. The average molecular weight is 338 g/mol. The molecule has 2 aromatic carbocycles. The van der Waals surface area contributed by atoms with Gasteiger partial charge in [-0.15, -0.1) is 0 Å². The number of benzene rings is 2. The molecule has 0 amide bonds. The van der Waals surface area contributed by atoms with Crippen molar-refractivity contribution in [2.75, 3.05) is 0 Å². The molecule has 2 nitrogen and oxygen atoms in total. The van der Waals surface area contributed by atoms with Crippen LogP contribution in [0.5, 0.6) is 0 Å². The fourth-order valence-corrected chi connectivity index (χ4v) is 5.09. The van der Waals surface area contributed by atoms with Gasteiger partial charge in [0.25, 0.3) is 9.04 Å². The van der Waals surface area contributed by atoms with Gasteiger partial charge in [0.05, 0.1) is 0 Å². The third-order valence-corrected chi connectivity index (χ3v) is 6.94. The molecule has 1 aliphatic carbocycles. The lowest BCUT2D eigenvalue weighted by molar-refractivity contribution is -0.116. The molecular weight excluding hydrogens is 312 g/mol. The zero-order valence-corrected chi connectivity index (χ0v) is 15.7. The van der Waals surface area contributed by atoms with E-state index in [-0.39, 0.29) is 17.4 Å². The third kappa shape index (κ3) is 3.85. The SMILES string of the molecule is CC(C)(C)c1ccc([Si](OC2CC(C=O)C2)c2ccccc2)cc1. The number of carbonyl (C=O) groups excluding carboxylic acids is 1. The van der Waals surface area contributed by atoms with E-state index in [9.17, 15) is 4.79 Å². The van der Waals surface area contributed by atoms with Crippen LogP contribution in [-0.4, -0.2) is 21.4 Å². The van der Waals surface area contributed by atoms with Crippen LogP contribution >= 0.6 is 0 Å². The molecule has 0 N–H and O–H groups in total. The summed E-state index contributed by atoms with van der Waals surface area (Å²) in [6.45, 7) is 6.69. The number of hydrogen-bond donors (Lipinski definition) is 0. The predicted octanol–water partition coefficient (Wildman–Crippen LogP) is 3.08. The van der Waals surface area contributed by atoms with Gasteiger partial charge in [-0.3, -0.25) is 0 Å². The van der Waals surface area contributed by atoms with Crippen LogP contribution in [0.4, 0.5) is 0 Å².